The lowest BCUT2D eigenvalue weighted by Crippen LogP contribution is -2.05. The monoisotopic (exact) mass is 359 g/mol. The Hall–Kier alpha value is -2.67. The molecule has 0 saturated carbocycles. The largest absolute Gasteiger partial charge is 0.326 e. The third-order valence-corrected chi connectivity index (χ3v) is 4.42. The summed E-state index contributed by atoms with van der Waals surface area (Å²) >= 11 is 1.54. The summed E-state index contributed by atoms with van der Waals surface area (Å²) in [6.07, 6.45) is 1.54. The average molecular weight is 359 g/mol. The number of nitrogens with one attached hydrogen (secondary N) is 1. The molecule has 0 spiro atoms. The van der Waals surface area contributed by atoms with Crippen LogP contribution in [-0.4, -0.2) is 15.7 Å². The number of hydrogen-bond donors (Lipinski definition) is 1. The van der Waals surface area contributed by atoms with Gasteiger partial charge in [-0.1, -0.05) is 6.07 Å². The van der Waals surface area contributed by atoms with Crippen molar-refractivity contribution in [3.63, 3.8) is 0 Å². The number of para-hydroxylation sites is 1. The highest BCUT2D eigenvalue weighted by Gasteiger charge is 2.12. The van der Waals surface area contributed by atoms with E-state index in [9.17, 15) is 13.6 Å². The van der Waals surface area contributed by atoms with Crippen molar-refractivity contribution in [3.05, 3.63) is 72.1 Å². The second kappa shape index (κ2) is 7.48. The van der Waals surface area contributed by atoms with E-state index in [1.165, 1.54) is 36.0 Å². The minimum absolute atomic E-state index is 0.119. The zero-order valence-electron chi connectivity index (χ0n) is 13.4. The molecule has 0 unspecified atom stereocenters. The molecule has 1 amide bonds. The molecule has 3 aromatic rings. The van der Waals surface area contributed by atoms with Crippen LogP contribution in [0.25, 0.3) is 5.69 Å². The molecule has 0 aliphatic rings. The summed E-state index contributed by atoms with van der Waals surface area (Å²) in [5, 5.41) is 6.94. The lowest BCUT2D eigenvalue weighted by atomic mass is 10.3. The van der Waals surface area contributed by atoms with Crippen molar-refractivity contribution >= 4 is 23.4 Å². The second-order valence-electron chi connectivity index (χ2n) is 5.32. The average Bonchev–Trinajstić information content (AvgIpc) is 3.02. The maximum absolute atomic E-state index is 13.8. The van der Waals surface area contributed by atoms with Gasteiger partial charge in [0.1, 0.15) is 5.69 Å². The molecular formula is C18H15F2N3OS. The van der Waals surface area contributed by atoms with Crippen molar-refractivity contribution in [3.8, 4) is 5.69 Å². The van der Waals surface area contributed by atoms with E-state index in [1.54, 1.807) is 17.8 Å². The molecule has 25 heavy (non-hydrogen) atoms. The van der Waals surface area contributed by atoms with E-state index in [0.29, 0.717) is 11.4 Å². The number of anilines is 1. The molecule has 3 rings (SSSR count). The summed E-state index contributed by atoms with van der Waals surface area (Å²) in [6.45, 7) is 1.46. The Morgan fingerprint density at radius 1 is 1.12 bits per heavy atom. The molecule has 1 aromatic heterocycles. The summed E-state index contributed by atoms with van der Waals surface area (Å²) in [5.74, 6) is -0.874. The SMILES string of the molecule is CC(=O)Nc1ccc(SCc2ccn(-c3c(F)cccc3F)n2)cc1. The third-order valence-electron chi connectivity index (χ3n) is 3.37. The number of benzene rings is 2. The van der Waals surface area contributed by atoms with E-state index in [0.717, 1.165) is 10.6 Å². The molecule has 128 valence electrons. The number of thioether (sulfide) groups is 1. The molecule has 1 N–H and O–H groups in total. The Balaban J connectivity index is 1.67. The number of amides is 1. The van der Waals surface area contributed by atoms with Crippen molar-refractivity contribution in [2.24, 2.45) is 0 Å². The summed E-state index contributed by atoms with van der Waals surface area (Å²) in [7, 11) is 0. The maximum atomic E-state index is 13.8. The minimum Gasteiger partial charge on any atom is -0.326 e. The van der Waals surface area contributed by atoms with Crippen LogP contribution >= 0.6 is 11.8 Å². The van der Waals surface area contributed by atoms with Crippen molar-refractivity contribution in [1.29, 1.82) is 0 Å². The fourth-order valence-electron chi connectivity index (χ4n) is 2.27. The number of hydrogen-bond acceptors (Lipinski definition) is 3. The lowest BCUT2D eigenvalue weighted by molar-refractivity contribution is -0.114. The van der Waals surface area contributed by atoms with Gasteiger partial charge in [0.2, 0.25) is 5.91 Å². The zero-order valence-corrected chi connectivity index (χ0v) is 14.2. The van der Waals surface area contributed by atoms with E-state index in [-0.39, 0.29) is 11.6 Å². The molecule has 0 saturated heterocycles. The summed E-state index contributed by atoms with van der Waals surface area (Å²) in [4.78, 5) is 12.0. The highest BCUT2D eigenvalue weighted by Crippen LogP contribution is 2.24. The first-order valence-corrected chi connectivity index (χ1v) is 8.51. The van der Waals surface area contributed by atoms with Gasteiger partial charge in [0.25, 0.3) is 0 Å². The fourth-order valence-corrected chi connectivity index (χ4v) is 3.06. The Morgan fingerprint density at radius 3 is 2.44 bits per heavy atom. The van der Waals surface area contributed by atoms with Crippen LogP contribution in [0, 0.1) is 11.6 Å². The Morgan fingerprint density at radius 2 is 1.80 bits per heavy atom. The summed E-state index contributed by atoms with van der Waals surface area (Å²) < 4.78 is 28.8. The highest BCUT2D eigenvalue weighted by molar-refractivity contribution is 7.98. The van der Waals surface area contributed by atoms with Gasteiger partial charge in [-0.15, -0.1) is 11.8 Å². The van der Waals surface area contributed by atoms with Crippen LogP contribution < -0.4 is 5.32 Å². The van der Waals surface area contributed by atoms with Gasteiger partial charge in [-0.05, 0) is 42.5 Å². The quantitative estimate of drug-likeness (QED) is 0.687. The van der Waals surface area contributed by atoms with E-state index >= 15 is 0 Å². The number of rotatable bonds is 5. The van der Waals surface area contributed by atoms with Gasteiger partial charge in [0.05, 0.1) is 5.69 Å². The smallest absolute Gasteiger partial charge is 0.221 e. The molecule has 0 bridgehead atoms. The Kier molecular flexibility index (Phi) is 5.14. The number of aromatic nitrogens is 2. The molecule has 0 aliphatic carbocycles. The van der Waals surface area contributed by atoms with Gasteiger partial charge < -0.3 is 5.32 Å². The standard InChI is InChI=1S/C18H15F2N3OS/c1-12(24)21-13-5-7-15(8-6-13)25-11-14-9-10-23(22-14)18-16(19)3-2-4-17(18)20/h2-10H,11H2,1H3,(H,21,24). The van der Waals surface area contributed by atoms with Crippen LogP contribution in [0.3, 0.4) is 0 Å². The molecule has 0 atom stereocenters. The van der Waals surface area contributed by atoms with Gasteiger partial charge in [0.15, 0.2) is 11.6 Å². The fraction of sp³-hybridized carbons (Fsp3) is 0.111. The van der Waals surface area contributed by atoms with Crippen LogP contribution in [0.15, 0.2) is 59.6 Å². The van der Waals surface area contributed by atoms with Crippen molar-refractivity contribution in [2.75, 3.05) is 5.32 Å². The highest BCUT2D eigenvalue weighted by atomic mass is 32.2. The predicted octanol–water partition coefficient (Wildman–Crippen LogP) is 4.40. The van der Waals surface area contributed by atoms with Crippen LogP contribution in [0.1, 0.15) is 12.6 Å². The maximum Gasteiger partial charge on any atom is 0.221 e. The molecule has 0 radical (unpaired) electrons. The number of carbonyl (C=O) groups is 1. The van der Waals surface area contributed by atoms with Crippen molar-refractivity contribution in [2.45, 2.75) is 17.6 Å². The minimum atomic E-state index is -0.657. The predicted molar refractivity (Wildman–Crippen MR) is 93.8 cm³/mol. The van der Waals surface area contributed by atoms with Crippen LogP contribution in [0.5, 0.6) is 0 Å². The van der Waals surface area contributed by atoms with Gasteiger partial charge in [-0.25, -0.2) is 13.5 Å². The lowest BCUT2D eigenvalue weighted by Gasteiger charge is -2.05. The first-order valence-electron chi connectivity index (χ1n) is 7.52. The first kappa shape index (κ1) is 17.2. The van der Waals surface area contributed by atoms with Gasteiger partial charge in [0, 0.05) is 29.5 Å². The molecule has 1 heterocycles. The summed E-state index contributed by atoms with van der Waals surface area (Å²) in [5.41, 5.74) is 1.26. The van der Waals surface area contributed by atoms with Crippen LogP contribution in [0.2, 0.25) is 0 Å². The third kappa shape index (κ3) is 4.24. The van der Waals surface area contributed by atoms with Gasteiger partial charge >= 0.3 is 0 Å². The van der Waals surface area contributed by atoms with Crippen LogP contribution in [0.4, 0.5) is 14.5 Å². The molecular weight excluding hydrogens is 344 g/mol. The van der Waals surface area contributed by atoms with Crippen molar-refractivity contribution in [1.82, 2.24) is 9.78 Å². The zero-order chi connectivity index (χ0) is 17.8. The van der Waals surface area contributed by atoms with E-state index in [2.05, 4.69) is 10.4 Å². The van der Waals surface area contributed by atoms with Gasteiger partial charge in [-0.3, -0.25) is 4.79 Å². The van der Waals surface area contributed by atoms with E-state index < -0.39 is 11.6 Å². The summed E-state index contributed by atoms with van der Waals surface area (Å²) in [6, 6.07) is 12.9. The topological polar surface area (TPSA) is 46.9 Å². The number of halogens is 2. The van der Waals surface area contributed by atoms with E-state index in [4.69, 9.17) is 0 Å². The number of carbonyl (C=O) groups excluding carboxylic acids is 1. The normalized spacial score (nSPS) is 10.7. The number of nitrogens with zero attached hydrogens (tertiary/aromatic N) is 2. The first-order chi connectivity index (χ1) is 12.0. The molecule has 0 aliphatic heterocycles. The van der Waals surface area contributed by atoms with Crippen LogP contribution in [-0.2, 0) is 10.5 Å². The molecule has 0 fully saturated rings. The molecule has 7 heteroatoms. The van der Waals surface area contributed by atoms with E-state index in [1.807, 2.05) is 24.3 Å². The van der Waals surface area contributed by atoms with Crippen molar-refractivity contribution < 1.29 is 13.6 Å². The molecule has 4 nitrogen and oxygen atoms in total. The Bertz CT molecular complexity index is 873. The van der Waals surface area contributed by atoms with Gasteiger partial charge in [-0.2, -0.15) is 5.10 Å². The molecule has 2 aromatic carbocycles. The Labute approximate surface area is 147 Å². The second-order valence-corrected chi connectivity index (χ2v) is 6.36.